The summed E-state index contributed by atoms with van der Waals surface area (Å²) >= 11 is 0. The van der Waals surface area contributed by atoms with Crippen LogP contribution in [-0.2, 0) is 0 Å². The van der Waals surface area contributed by atoms with E-state index in [0.717, 1.165) is 0 Å². The van der Waals surface area contributed by atoms with E-state index < -0.39 is 44.1 Å². The fourth-order valence-corrected chi connectivity index (χ4v) is 3.12. The van der Waals surface area contributed by atoms with Crippen LogP contribution in [0.15, 0.2) is 88.0 Å². The van der Waals surface area contributed by atoms with E-state index in [1.54, 1.807) is 24.3 Å². The van der Waals surface area contributed by atoms with Crippen molar-refractivity contribution < 1.29 is 10.4 Å². The molecule has 0 spiro atoms. The molecule has 0 aliphatic rings. The Kier molecular flexibility index (Phi) is 4.43. The highest BCUT2D eigenvalue weighted by Gasteiger charge is 2.17. The molecular formula is C20H10N4O6. The van der Waals surface area contributed by atoms with Crippen LogP contribution in [0.3, 0.4) is 0 Å². The fourth-order valence-electron chi connectivity index (χ4n) is 3.12. The monoisotopic (exact) mass is 402 g/mol. The SMILES string of the molecule is O=c1c(=NC(=N/O)/C(N=c2c(=O)c3ccccc3c2=O)=N\O)c(=O)c2ccccc12. The number of oxime groups is 2. The molecular weight excluding hydrogens is 392 g/mol. The molecule has 146 valence electrons. The summed E-state index contributed by atoms with van der Waals surface area (Å²) in [5.74, 6) is -1.66. The van der Waals surface area contributed by atoms with Gasteiger partial charge in [0.05, 0.1) is 0 Å². The van der Waals surface area contributed by atoms with Gasteiger partial charge in [-0.15, -0.1) is 0 Å². The van der Waals surface area contributed by atoms with E-state index in [9.17, 15) is 29.6 Å². The third-order valence-corrected chi connectivity index (χ3v) is 4.52. The number of rotatable bonds is 0. The van der Waals surface area contributed by atoms with Gasteiger partial charge < -0.3 is 10.4 Å². The van der Waals surface area contributed by atoms with E-state index >= 15 is 0 Å². The van der Waals surface area contributed by atoms with Crippen LogP contribution in [0.25, 0.3) is 21.5 Å². The Morgan fingerprint density at radius 2 is 0.800 bits per heavy atom. The lowest BCUT2D eigenvalue weighted by Crippen LogP contribution is -2.36. The lowest BCUT2D eigenvalue weighted by atomic mass is 10.2. The zero-order valence-electron chi connectivity index (χ0n) is 14.9. The summed E-state index contributed by atoms with van der Waals surface area (Å²) < 4.78 is 0. The molecule has 0 aromatic heterocycles. The van der Waals surface area contributed by atoms with Gasteiger partial charge in [-0.05, 0) is 0 Å². The molecule has 0 unspecified atom stereocenters. The maximum atomic E-state index is 12.4. The zero-order chi connectivity index (χ0) is 21.4. The van der Waals surface area contributed by atoms with Crippen LogP contribution in [0.1, 0.15) is 0 Å². The molecule has 4 aromatic rings. The molecule has 4 aromatic carbocycles. The first-order valence-electron chi connectivity index (χ1n) is 8.46. The molecule has 30 heavy (non-hydrogen) atoms. The molecule has 10 nitrogen and oxygen atoms in total. The van der Waals surface area contributed by atoms with Gasteiger partial charge in [-0.2, -0.15) is 0 Å². The van der Waals surface area contributed by atoms with Gasteiger partial charge in [0.25, 0.3) is 0 Å². The summed E-state index contributed by atoms with van der Waals surface area (Å²) in [6.07, 6.45) is 0. The molecule has 0 aliphatic heterocycles. The number of amidine groups is 2. The lowest BCUT2D eigenvalue weighted by molar-refractivity contribution is 0.313. The van der Waals surface area contributed by atoms with Gasteiger partial charge in [-0.1, -0.05) is 58.8 Å². The first-order chi connectivity index (χ1) is 14.5. The van der Waals surface area contributed by atoms with Gasteiger partial charge in [0.1, 0.15) is 0 Å². The normalized spacial score (nSPS) is 12.5. The maximum Gasteiger partial charge on any atom is 0.240 e. The Morgan fingerprint density at radius 1 is 0.533 bits per heavy atom. The van der Waals surface area contributed by atoms with Gasteiger partial charge in [0, 0.05) is 21.5 Å². The standard InChI is InChI=1S/C20H10N4O6/c25-15-9-5-1-2-6-10(9)16(26)13(15)21-19(23-29)20(24-30)22-14-17(27)11-7-3-4-8-12(11)18(14)28/h1-8,29-30H/b23-19+,24-20+. The van der Waals surface area contributed by atoms with Crippen LogP contribution < -0.4 is 32.4 Å². The van der Waals surface area contributed by atoms with Crippen molar-refractivity contribution in [1.82, 2.24) is 0 Å². The van der Waals surface area contributed by atoms with Crippen LogP contribution in [0.2, 0.25) is 0 Å². The summed E-state index contributed by atoms with van der Waals surface area (Å²) in [6, 6.07) is 12.0. The molecule has 0 bridgehead atoms. The average molecular weight is 402 g/mol. The smallest absolute Gasteiger partial charge is 0.240 e. The minimum absolute atomic E-state index is 0.115. The van der Waals surface area contributed by atoms with E-state index in [2.05, 4.69) is 20.3 Å². The molecule has 10 heteroatoms. The van der Waals surface area contributed by atoms with Gasteiger partial charge in [-0.25, -0.2) is 9.98 Å². The van der Waals surface area contributed by atoms with Crippen molar-refractivity contribution >= 4 is 33.2 Å². The number of hydrogen-bond acceptors (Lipinski definition) is 8. The second kappa shape index (κ2) is 7.09. The van der Waals surface area contributed by atoms with Crippen molar-refractivity contribution in [2.75, 3.05) is 0 Å². The Bertz CT molecular complexity index is 1470. The van der Waals surface area contributed by atoms with Crippen LogP contribution in [-0.4, -0.2) is 22.1 Å². The minimum Gasteiger partial charge on any atom is -0.409 e. The van der Waals surface area contributed by atoms with Crippen molar-refractivity contribution in [1.29, 1.82) is 0 Å². The minimum atomic E-state index is -0.828. The second-order valence-corrected chi connectivity index (χ2v) is 6.18. The summed E-state index contributed by atoms with van der Waals surface area (Å²) in [5.41, 5.74) is -2.88. The molecule has 0 saturated carbocycles. The first kappa shape index (κ1) is 18.7. The van der Waals surface area contributed by atoms with Crippen LogP contribution >= 0.6 is 0 Å². The largest absolute Gasteiger partial charge is 0.409 e. The van der Waals surface area contributed by atoms with Crippen molar-refractivity contribution in [3.05, 3.63) is 100 Å². The van der Waals surface area contributed by atoms with Gasteiger partial charge in [0.2, 0.25) is 33.4 Å². The van der Waals surface area contributed by atoms with Crippen LogP contribution in [0.5, 0.6) is 0 Å². The summed E-state index contributed by atoms with van der Waals surface area (Å²) in [4.78, 5) is 57.1. The van der Waals surface area contributed by atoms with E-state index in [4.69, 9.17) is 0 Å². The van der Waals surface area contributed by atoms with Gasteiger partial charge in [-0.3, -0.25) is 19.2 Å². The molecule has 2 N–H and O–H groups in total. The van der Waals surface area contributed by atoms with Gasteiger partial charge >= 0.3 is 0 Å². The molecule has 4 rings (SSSR count). The maximum absolute atomic E-state index is 12.4. The third-order valence-electron chi connectivity index (χ3n) is 4.52. The number of benzene rings is 2. The number of nitrogens with zero attached hydrogens (tertiary/aromatic N) is 4. The van der Waals surface area contributed by atoms with Crippen LogP contribution in [0.4, 0.5) is 0 Å². The molecule has 0 fully saturated rings. The third kappa shape index (κ3) is 2.75. The Morgan fingerprint density at radius 3 is 1.03 bits per heavy atom. The number of fused-ring (bicyclic) bond motifs is 2. The number of hydrogen-bond donors (Lipinski definition) is 2. The molecule has 0 radical (unpaired) electrons. The highest BCUT2D eigenvalue weighted by atomic mass is 16.4. The Hall–Kier alpha value is -4.60. The van der Waals surface area contributed by atoms with Gasteiger partial charge in [0.15, 0.2) is 10.7 Å². The quantitative estimate of drug-likeness (QED) is 0.171. The fraction of sp³-hybridized carbons (Fsp3) is 0. The summed E-state index contributed by atoms with van der Waals surface area (Å²) in [5, 5.41) is 23.5. The predicted molar refractivity (Wildman–Crippen MR) is 107 cm³/mol. The van der Waals surface area contributed by atoms with E-state index in [1.165, 1.54) is 24.3 Å². The van der Waals surface area contributed by atoms with Crippen LogP contribution in [0, 0.1) is 0 Å². The summed E-state index contributed by atoms with van der Waals surface area (Å²) in [7, 11) is 0. The van der Waals surface area contributed by atoms with Crippen molar-refractivity contribution in [3.63, 3.8) is 0 Å². The Balaban J connectivity index is 1.96. The highest BCUT2D eigenvalue weighted by molar-refractivity contribution is 6.40. The highest BCUT2D eigenvalue weighted by Crippen LogP contribution is 2.03. The molecule has 0 aliphatic carbocycles. The van der Waals surface area contributed by atoms with Crippen molar-refractivity contribution in [3.8, 4) is 0 Å². The van der Waals surface area contributed by atoms with Crippen molar-refractivity contribution in [2.45, 2.75) is 0 Å². The lowest BCUT2D eigenvalue weighted by Gasteiger charge is -1.93. The molecule has 0 amide bonds. The summed E-state index contributed by atoms with van der Waals surface area (Å²) in [6.45, 7) is 0. The first-order valence-corrected chi connectivity index (χ1v) is 8.46. The van der Waals surface area contributed by atoms with E-state index in [-0.39, 0.29) is 21.5 Å². The zero-order valence-corrected chi connectivity index (χ0v) is 14.9. The molecule has 0 heterocycles. The second-order valence-electron chi connectivity index (χ2n) is 6.18. The van der Waals surface area contributed by atoms with E-state index in [1.807, 2.05) is 0 Å². The predicted octanol–water partition coefficient (Wildman–Crippen LogP) is -0.738. The molecule has 0 saturated heterocycles. The van der Waals surface area contributed by atoms with Crippen molar-refractivity contribution in [2.24, 2.45) is 20.3 Å². The Labute approximate surface area is 164 Å². The van der Waals surface area contributed by atoms with E-state index in [0.29, 0.717) is 0 Å². The average Bonchev–Trinajstić information content (AvgIpc) is 3.16. The topological polar surface area (TPSA) is 158 Å². The molecule has 0 atom stereocenters.